The summed E-state index contributed by atoms with van der Waals surface area (Å²) in [6, 6.07) is 10.2. The summed E-state index contributed by atoms with van der Waals surface area (Å²) in [5.74, 6) is 0. The summed E-state index contributed by atoms with van der Waals surface area (Å²) >= 11 is 0. The summed E-state index contributed by atoms with van der Waals surface area (Å²) in [5, 5.41) is 15.2. The molecule has 1 aromatic heterocycles. The molecular weight excluding hydrogens is 236 g/mol. The average molecular weight is 256 g/mol. The van der Waals surface area contributed by atoms with Crippen molar-refractivity contribution in [1.29, 1.82) is 0 Å². The Balaban J connectivity index is 2.03. The first-order chi connectivity index (χ1) is 9.25. The molecule has 3 nitrogen and oxygen atoms in total. The number of piperidine rings is 1. The number of nitrogens with one attached hydrogen (secondary N) is 1. The van der Waals surface area contributed by atoms with Crippen LogP contribution in [0.2, 0.25) is 0 Å². The molecule has 100 valence electrons. The van der Waals surface area contributed by atoms with Gasteiger partial charge in [-0.1, -0.05) is 24.6 Å². The monoisotopic (exact) mass is 256 g/mol. The molecule has 0 bridgehead atoms. The van der Waals surface area contributed by atoms with E-state index < -0.39 is 6.10 Å². The summed E-state index contributed by atoms with van der Waals surface area (Å²) in [5.41, 5.74) is 2.93. The van der Waals surface area contributed by atoms with E-state index in [1.807, 2.05) is 37.3 Å². The fourth-order valence-electron chi connectivity index (χ4n) is 2.95. The van der Waals surface area contributed by atoms with E-state index in [4.69, 9.17) is 0 Å². The van der Waals surface area contributed by atoms with E-state index in [0.29, 0.717) is 0 Å². The number of hydrogen-bond donors (Lipinski definition) is 2. The Hall–Kier alpha value is -1.45. The first kappa shape index (κ1) is 12.6. The largest absolute Gasteiger partial charge is 0.387 e. The molecule has 1 aliphatic heterocycles. The zero-order valence-electron chi connectivity index (χ0n) is 11.3. The van der Waals surface area contributed by atoms with Crippen LogP contribution in [0.1, 0.15) is 36.6 Å². The van der Waals surface area contributed by atoms with Crippen LogP contribution in [-0.2, 0) is 0 Å². The number of aliphatic hydroxyl groups is 1. The predicted octanol–water partition coefficient (Wildman–Crippen LogP) is 2.72. The standard InChI is InChI=1S/C16H20N2O/c1-11-10-13(12-6-2-3-7-14(12)18-11)16(19)15-8-4-5-9-17-15/h2-3,6-7,10,15-17,19H,4-5,8-9H2,1H3. The van der Waals surface area contributed by atoms with Gasteiger partial charge in [-0.2, -0.15) is 0 Å². The van der Waals surface area contributed by atoms with Crippen molar-refractivity contribution < 1.29 is 5.11 Å². The van der Waals surface area contributed by atoms with Gasteiger partial charge in [-0.3, -0.25) is 4.98 Å². The quantitative estimate of drug-likeness (QED) is 0.868. The summed E-state index contributed by atoms with van der Waals surface area (Å²) < 4.78 is 0. The lowest BCUT2D eigenvalue weighted by molar-refractivity contribution is 0.115. The van der Waals surface area contributed by atoms with Crippen molar-refractivity contribution in [2.45, 2.75) is 38.3 Å². The highest BCUT2D eigenvalue weighted by atomic mass is 16.3. The van der Waals surface area contributed by atoms with Crippen LogP contribution >= 0.6 is 0 Å². The topological polar surface area (TPSA) is 45.1 Å². The zero-order chi connectivity index (χ0) is 13.2. The summed E-state index contributed by atoms with van der Waals surface area (Å²) in [4.78, 5) is 4.53. The minimum absolute atomic E-state index is 0.166. The van der Waals surface area contributed by atoms with Crippen molar-refractivity contribution in [3.8, 4) is 0 Å². The number of nitrogens with zero attached hydrogens (tertiary/aromatic N) is 1. The molecule has 0 spiro atoms. The molecule has 2 unspecified atom stereocenters. The molecule has 0 saturated carbocycles. The number of benzene rings is 1. The van der Waals surface area contributed by atoms with E-state index in [9.17, 15) is 5.11 Å². The number of pyridine rings is 1. The van der Waals surface area contributed by atoms with Crippen LogP contribution in [0.3, 0.4) is 0 Å². The molecule has 1 aromatic carbocycles. The molecule has 3 heteroatoms. The van der Waals surface area contributed by atoms with Crippen LogP contribution in [0.4, 0.5) is 0 Å². The Morgan fingerprint density at radius 3 is 2.95 bits per heavy atom. The Morgan fingerprint density at radius 1 is 1.32 bits per heavy atom. The van der Waals surface area contributed by atoms with Gasteiger partial charge in [-0.25, -0.2) is 0 Å². The Kier molecular flexibility index (Phi) is 3.49. The van der Waals surface area contributed by atoms with Gasteiger partial charge in [-0.05, 0) is 44.0 Å². The average Bonchev–Trinajstić information content (AvgIpc) is 2.46. The maximum atomic E-state index is 10.7. The summed E-state index contributed by atoms with van der Waals surface area (Å²) in [6.07, 6.45) is 2.99. The van der Waals surface area contributed by atoms with Crippen molar-refractivity contribution in [2.75, 3.05) is 6.54 Å². The molecule has 0 aliphatic carbocycles. The zero-order valence-corrected chi connectivity index (χ0v) is 11.3. The van der Waals surface area contributed by atoms with Gasteiger partial charge < -0.3 is 10.4 Å². The molecule has 2 atom stereocenters. The SMILES string of the molecule is Cc1cc(C(O)C2CCCCN2)c2ccccc2n1. The molecule has 2 aromatic rings. The van der Waals surface area contributed by atoms with Gasteiger partial charge in [0, 0.05) is 17.1 Å². The van der Waals surface area contributed by atoms with Crippen LogP contribution < -0.4 is 5.32 Å². The second-order valence-electron chi connectivity index (χ2n) is 5.37. The van der Waals surface area contributed by atoms with Crippen molar-refractivity contribution in [2.24, 2.45) is 0 Å². The Morgan fingerprint density at radius 2 is 2.16 bits per heavy atom. The summed E-state index contributed by atoms with van der Waals surface area (Å²) in [7, 11) is 0. The van der Waals surface area contributed by atoms with Gasteiger partial charge in [-0.15, -0.1) is 0 Å². The molecule has 3 rings (SSSR count). The normalized spacial score (nSPS) is 21.5. The fraction of sp³-hybridized carbons (Fsp3) is 0.438. The van der Waals surface area contributed by atoms with Gasteiger partial charge in [0.15, 0.2) is 0 Å². The first-order valence-electron chi connectivity index (χ1n) is 7.03. The van der Waals surface area contributed by atoms with E-state index >= 15 is 0 Å². The highest BCUT2D eigenvalue weighted by Gasteiger charge is 2.24. The number of fused-ring (bicyclic) bond motifs is 1. The molecule has 2 N–H and O–H groups in total. The van der Waals surface area contributed by atoms with E-state index in [0.717, 1.165) is 35.1 Å². The third kappa shape index (κ3) is 2.48. The summed E-state index contributed by atoms with van der Waals surface area (Å²) in [6.45, 7) is 2.99. The number of rotatable bonds is 2. The van der Waals surface area contributed by atoms with Crippen molar-refractivity contribution in [1.82, 2.24) is 10.3 Å². The van der Waals surface area contributed by atoms with Crippen LogP contribution in [0.15, 0.2) is 30.3 Å². The molecule has 0 amide bonds. The number of para-hydroxylation sites is 1. The second-order valence-corrected chi connectivity index (χ2v) is 5.37. The van der Waals surface area contributed by atoms with E-state index in [1.165, 1.54) is 12.8 Å². The number of hydrogen-bond acceptors (Lipinski definition) is 3. The number of aryl methyl sites for hydroxylation is 1. The highest BCUT2D eigenvalue weighted by molar-refractivity contribution is 5.82. The van der Waals surface area contributed by atoms with E-state index in [1.54, 1.807) is 0 Å². The third-order valence-electron chi connectivity index (χ3n) is 3.92. The minimum atomic E-state index is -0.452. The van der Waals surface area contributed by atoms with Crippen LogP contribution in [0.25, 0.3) is 10.9 Å². The van der Waals surface area contributed by atoms with Gasteiger partial charge in [0.1, 0.15) is 0 Å². The van der Waals surface area contributed by atoms with E-state index in [2.05, 4.69) is 10.3 Å². The predicted molar refractivity (Wildman–Crippen MR) is 77.1 cm³/mol. The van der Waals surface area contributed by atoms with Gasteiger partial charge in [0.25, 0.3) is 0 Å². The Labute approximate surface area is 113 Å². The minimum Gasteiger partial charge on any atom is -0.387 e. The Bertz CT molecular complexity index is 576. The molecule has 2 heterocycles. The van der Waals surface area contributed by atoms with Gasteiger partial charge >= 0.3 is 0 Å². The first-order valence-corrected chi connectivity index (χ1v) is 7.03. The highest BCUT2D eigenvalue weighted by Crippen LogP contribution is 2.29. The lowest BCUT2D eigenvalue weighted by Gasteiger charge is -2.29. The maximum Gasteiger partial charge on any atom is 0.0950 e. The lowest BCUT2D eigenvalue weighted by Crippen LogP contribution is -2.38. The molecule has 1 fully saturated rings. The number of aromatic nitrogens is 1. The third-order valence-corrected chi connectivity index (χ3v) is 3.92. The number of aliphatic hydroxyl groups excluding tert-OH is 1. The van der Waals surface area contributed by atoms with Crippen molar-refractivity contribution >= 4 is 10.9 Å². The van der Waals surface area contributed by atoms with Gasteiger partial charge in [0.2, 0.25) is 0 Å². The fourth-order valence-corrected chi connectivity index (χ4v) is 2.95. The smallest absolute Gasteiger partial charge is 0.0950 e. The van der Waals surface area contributed by atoms with Gasteiger partial charge in [0.05, 0.1) is 11.6 Å². The van der Waals surface area contributed by atoms with Crippen LogP contribution in [0.5, 0.6) is 0 Å². The molecular formula is C16H20N2O. The lowest BCUT2D eigenvalue weighted by atomic mass is 9.92. The van der Waals surface area contributed by atoms with Crippen molar-refractivity contribution in [3.05, 3.63) is 41.6 Å². The van der Waals surface area contributed by atoms with Crippen molar-refractivity contribution in [3.63, 3.8) is 0 Å². The maximum absolute atomic E-state index is 10.7. The van der Waals surface area contributed by atoms with E-state index in [-0.39, 0.29) is 6.04 Å². The molecule has 19 heavy (non-hydrogen) atoms. The van der Waals surface area contributed by atoms with Crippen LogP contribution in [0, 0.1) is 6.92 Å². The molecule has 1 aliphatic rings. The molecule has 0 radical (unpaired) electrons. The second kappa shape index (κ2) is 5.27. The van der Waals surface area contributed by atoms with Crippen LogP contribution in [-0.4, -0.2) is 22.7 Å². The molecule has 1 saturated heterocycles.